The zero-order valence-electron chi connectivity index (χ0n) is 8.35. The predicted molar refractivity (Wildman–Crippen MR) is 51.2 cm³/mol. The highest BCUT2D eigenvalue weighted by molar-refractivity contribution is 6.44. The Hall–Kier alpha value is 0.137. The van der Waals surface area contributed by atoms with Gasteiger partial charge in [-0.15, -0.1) is 0 Å². The van der Waals surface area contributed by atoms with Crippen LogP contribution in [0.1, 0.15) is 40.0 Å². The summed E-state index contributed by atoms with van der Waals surface area (Å²) in [7, 11) is -0.917. The van der Waals surface area contributed by atoms with E-state index < -0.39 is 9.28 Å². The second-order valence-corrected chi connectivity index (χ2v) is 5.63. The zero-order valence-corrected chi connectivity index (χ0v) is 9.35. The van der Waals surface area contributed by atoms with Gasteiger partial charge in [-0.2, -0.15) is 0 Å². The topological polar surface area (TPSA) is 18.5 Å². The first kappa shape index (κ1) is 10.2. The molecule has 0 amide bonds. The first-order valence-corrected chi connectivity index (χ1v) is 6.34. The third-order valence-electron chi connectivity index (χ3n) is 2.28. The molecule has 1 aliphatic rings. The molecule has 1 saturated heterocycles. The van der Waals surface area contributed by atoms with E-state index in [1.165, 1.54) is 12.8 Å². The van der Waals surface area contributed by atoms with Gasteiger partial charge in [0.25, 0.3) is 0 Å². The maximum atomic E-state index is 5.91. The van der Waals surface area contributed by atoms with Crippen molar-refractivity contribution >= 4 is 9.28 Å². The molecule has 1 fully saturated rings. The smallest absolute Gasteiger partial charge is 0.385 e. The van der Waals surface area contributed by atoms with E-state index in [2.05, 4.69) is 20.8 Å². The molecule has 12 heavy (non-hydrogen) atoms. The Morgan fingerprint density at radius 1 is 1.42 bits per heavy atom. The molecule has 1 rings (SSSR count). The lowest BCUT2D eigenvalue weighted by Gasteiger charge is -2.30. The molecule has 0 aromatic heterocycles. The minimum Gasteiger partial charge on any atom is -0.393 e. The van der Waals surface area contributed by atoms with Crippen molar-refractivity contribution in [2.75, 3.05) is 6.61 Å². The van der Waals surface area contributed by atoms with Gasteiger partial charge >= 0.3 is 9.28 Å². The maximum absolute atomic E-state index is 5.91. The van der Waals surface area contributed by atoms with Crippen molar-refractivity contribution in [3.8, 4) is 0 Å². The standard InChI is InChI=1S/C9H19O2Si/c1-4-9(2,3)11-12-8-6-5-7-10-12/h4-8H2,1-3H3. The van der Waals surface area contributed by atoms with Crippen LogP contribution in [0.5, 0.6) is 0 Å². The molecule has 0 N–H and O–H groups in total. The molecule has 0 aromatic carbocycles. The average molecular weight is 187 g/mol. The first-order chi connectivity index (χ1) is 5.64. The fraction of sp³-hybridized carbons (Fsp3) is 1.00. The van der Waals surface area contributed by atoms with Crippen molar-refractivity contribution in [2.45, 2.75) is 51.7 Å². The summed E-state index contributed by atoms with van der Waals surface area (Å²) in [6.45, 7) is 7.35. The summed E-state index contributed by atoms with van der Waals surface area (Å²) < 4.78 is 11.5. The van der Waals surface area contributed by atoms with Crippen LogP contribution >= 0.6 is 0 Å². The molecule has 3 heteroatoms. The highest BCUT2D eigenvalue weighted by Crippen LogP contribution is 2.20. The van der Waals surface area contributed by atoms with Gasteiger partial charge < -0.3 is 8.85 Å². The molecule has 71 valence electrons. The SMILES string of the molecule is CCC(C)(C)O[Si]1CCCCO1. The molecule has 0 atom stereocenters. The summed E-state index contributed by atoms with van der Waals surface area (Å²) in [5, 5.41) is 0. The highest BCUT2D eigenvalue weighted by atomic mass is 28.3. The van der Waals surface area contributed by atoms with E-state index in [0.29, 0.717) is 0 Å². The van der Waals surface area contributed by atoms with Crippen LogP contribution < -0.4 is 0 Å². The van der Waals surface area contributed by atoms with Crippen molar-refractivity contribution in [1.82, 2.24) is 0 Å². The number of hydrogen-bond acceptors (Lipinski definition) is 2. The largest absolute Gasteiger partial charge is 0.393 e. The molecule has 2 nitrogen and oxygen atoms in total. The van der Waals surface area contributed by atoms with Crippen LogP contribution in [0.4, 0.5) is 0 Å². The molecule has 0 spiro atoms. The van der Waals surface area contributed by atoms with Crippen LogP contribution in [0.2, 0.25) is 6.04 Å². The van der Waals surface area contributed by atoms with Crippen LogP contribution in [0, 0.1) is 0 Å². The first-order valence-electron chi connectivity index (χ1n) is 4.82. The minimum atomic E-state index is -0.917. The minimum absolute atomic E-state index is 0.0195. The van der Waals surface area contributed by atoms with Gasteiger partial charge in [0.05, 0.1) is 5.60 Å². The van der Waals surface area contributed by atoms with Gasteiger partial charge in [-0.25, -0.2) is 0 Å². The van der Waals surface area contributed by atoms with Gasteiger partial charge in [-0.1, -0.05) is 6.92 Å². The van der Waals surface area contributed by atoms with Gasteiger partial charge in [-0.3, -0.25) is 0 Å². The summed E-state index contributed by atoms with van der Waals surface area (Å²) in [5.41, 5.74) is 0.0195. The zero-order chi connectivity index (χ0) is 9.03. The Morgan fingerprint density at radius 2 is 2.17 bits per heavy atom. The third kappa shape index (κ3) is 3.25. The fourth-order valence-corrected chi connectivity index (χ4v) is 3.07. The molecule has 0 unspecified atom stereocenters. The van der Waals surface area contributed by atoms with Crippen LogP contribution in [0.25, 0.3) is 0 Å². The number of rotatable bonds is 3. The van der Waals surface area contributed by atoms with E-state index in [-0.39, 0.29) is 5.60 Å². The molecular weight excluding hydrogens is 168 g/mol. The van der Waals surface area contributed by atoms with Crippen molar-refractivity contribution in [3.63, 3.8) is 0 Å². The van der Waals surface area contributed by atoms with Crippen molar-refractivity contribution in [2.24, 2.45) is 0 Å². The average Bonchev–Trinajstić information content (AvgIpc) is 2.06. The van der Waals surface area contributed by atoms with Crippen molar-refractivity contribution < 1.29 is 8.85 Å². The summed E-state index contributed by atoms with van der Waals surface area (Å²) >= 11 is 0. The Bertz CT molecular complexity index is 130. The number of hydrogen-bond donors (Lipinski definition) is 0. The van der Waals surface area contributed by atoms with Crippen molar-refractivity contribution in [1.29, 1.82) is 0 Å². The molecule has 0 aromatic rings. The van der Waals surface area contributed by atoms with E-state index >= 15 is 0 Å². The predicted octanol–water partition coefficient (Wildman–Crippen LogP) is 2.49. The molecular formula is C9H19O2Si. The molecule has 0 aliphatic carbocycles. The van der Waals surface area contributed by atoms with Crippen LogP contribution in [0.3, 0.4) is 0 Å². The van der Waals surface area contributed by atoms with Crippen molar-refractivity contribution in [3.05, 3.63) is 0 Å². The lowest BCUT2D eigenvalue weighted by Crippen LogP contribution is -2.36. The van der Waals surface area contributed by atoms with Gasteiger partial charge in [-0.05, 0) is 39.2 Å². The summed E-state index contributed by atoms with van der Waals surface area (Å²) in [6.07, 6.45) is 3.56. The van der Waals surface area contributed by atoms with Gasteiger partial charge in [0.2, 0.25) is 0 Å². The molecule has 1 aliphatic heterocycles. The van der Waals surface area contributed by atoms with E-state index in [1.807, 2.05) is 0 Å². The Balaban J connectivity index is 2.28. The highest BCUT2D eigenvalue weighted by Gasteiger charge is 2.27. The van der Waals surface area contributed by atoms with Gasteiger partial charge in [0.15, 0.2) is 0 Å². The monoisotopic (exact) mass is 187 g/mol. The maximum Gasteiger partial charge on any atom is 0.385 e. The van der Waals surface area contributed by atoms with Gasteiger partial charge in [0, 0.05) is 6.61 Å². The quantitative estimate of drug-likeness (QED) is 0.632. The fourth-order valence-electron chi connectivity index (χ4n) is 1.09. The van der Waals surface area contributed by atoms with E-state index in [0.717, 1.165) is 19.1 Å². The van der Waals surface area contributed by atoms with E-state index in [9.17, 15) is 0 Å². The second-order valence-electron chi connectivity index (χ2n) is 3.89. The molecule has 0 bridgehead atoms. The Labute approximate surface area is 77.1 Å². The normalized spacial score (nSPS) is 21.2. The molecule has 0 saturated carbocycles. The van der Waals surface area contributed by atoms with Crippen LogP contribution in [-0.4, -0.2) is 21.5 Å². The molecule has 1 heterocycles. The Kier molecular flexibility index (Phi) is 3.74. The molecule has 1 radical (unpaired) electrons. The summed E-state index contributed by atoms with van der Waals surface area (Å²) in [6, 6.07) is 1.16. The van der Waals surface area contributed by atoms with Crippen LogP contribution in [-0.2, 0) is 8.85 Å². The van der Waals surface area contributed by atoms with Crippen LogP contribution in [0.15, 0.2) is 0 Å². The summed E-state index contributed by atoms with van der Waals surface area (Å²) in [4.78, 5) is 0. The van der Waals surface area contributed by atoms with E-state index in [4.69, 9.17) is 8.85 Å². The lowest BCUT2D eigenvalue weighted by molar-refractivity contribution is 0.0562. The Morgan fingerprint density at radius 3 is 2.67 bits per heavy atom. The van der Waals surface area contributed by atoms with E-state index in [1.54, 1.807) is 0 Å². The summed E-state index contributed by atoms with van der Waals surface area (Å²) in [5.74, 6) is 0. The third-order valence-corrected chi connectivity index (χ3v) is 4.35. The lowest BCUT2D eigenvalue weighted by atomic mass is 10.1. The second kappa shape index (κ2) is 4.39. The van der Waals surface area contributed by atoms with Gasteiger partial charge in [0.1, 0.15) is 0 Å².